The summed E-state index contributed by atoms with van der Waals surface area (Å²) in [6.45, 7) is 9.78. The summed E-state index contributed by atoms with van der Waals surface area (Å²) >= 11 is 0. The van der Waals surface area contributed by atoms with Gasteiger partial charge in [0.1, 0.15) is 5.76 Å². The van der Waals surface area contributed by atoms with Gasteiger partial charge in [-0.3, -0.25) is 10.1 Å². The van der Waals surface area contributed by atoms with E-state index in [1.165, 1.54) is 0 Å². The fraction of sp³-hybridized carbons (Fsp3) is 0.500. The number of rotatable bonds is 7. The van der Waals surface area contributed by atoms with E-state index in [-0.39, 0.29) is 10.6 Å². The fourth-order valence-electron chi connectivity index (χ4n) is 1.15. The molecule has 0 aliphatic heterocycles. The standard InChI is InChI=1S/C12H19NO3/c1-5-9-16-11(4)8-7-10(3)12(6-2)13(14)15/h7-8H,4-6,9H2,1-3H3/b8-7-,12-10+. The molecule has 0 rings (SSSR count). The molecule has 0 radical (unpaired) electrons. The lowest BCUT2D eigenvalue weighted by Gasteiger charge is -2.02. The third kappa shape index (κ3) is 5.34. The van der Waals surface area contributed by atoms with Crippen molar-refractivity contribution in [3.8, 4) is 0 Å². The van der Waals surface area contributed by atoms with Crippen LogP contribution in [0, 0.1) is 10.1 Å². The minimum absolute atomic E-state index is 0.222. The Morgan fingerprint density at radius 2 is 2.06 bits per heavy atom. The minimum atomic E-state index is -0.352. The van der Waals surface area contributed by atoms with Crippen LogP contribution in [0.1, 0.15) is 33.6 Å². The average Bonchev–Trinajstić information content (AvgIpc) is 2.23. The number of nitrogens with zero attached hydrogens (tertiary/aromatic N) is 1. The molecule has 0 saturated carbocycles. The van der Waals surface area contributed by atoms with Gasteiger partial charge in [-0.15, -0.1) is 0 Å². The second kappa shape index (κ2) is 7.68. The van der Waals surface area contributed by atoms with Gasteiger partial charge < -0.3 is 4.74 Å². The van der Waals surface area contributed by atoms with Gasteiger partial charge in [0.15, 0.2) is 0 Å². The maximum Gasteiger partial charge on any atom is 0.248 e. The Hall–Kier alpha value is -1.58. The number of hydrogen-bond donors (Lipinski definition) is 0. The van der Waals surface area contributed by atoms with Gasteiger partial charge in [0.05, 0.1) is 11.5 Å². The maximum atomic E-state index is 10.6. The smallest absolute Gasteiger partial charge is 0.248 e. The predicted octanol–water partition coefficient (Wildman–Crippen LogP) is 3.44. The number of ether oxygens (including phenoxy) is 1. The van der Waals surface area contributed by atoms with E-state index in [9.17, 15) is 10.1 Å². The van der Waals surface area contributed by atoms with Gasteiger partial charge in [-0.1, -0.05) is 20.4 Å². The first-order valence-corrected chi connectivity index (χ1v) is 5.36. The molecule has 0 N–H and O–H groups in total. The molecule has 0 spiro atoms. The third-order valence-electron chi connectivity index (χ3n) is 2.02. The molecule has 0 amide bonds. The van der Waals surface area contributed by atoms with Crippen LogP contribution < -0.4 is 0 Å². The van der Waals surface area contributed by atoms with Crippen LogP contribution in [0.5, 0.6) is 0 Å². The van der Waals surface area contributed by atoms with Crippen LogP contribution in [0.15, 0.2) is 35.8 Å². The molecule has 90 valence electrons. The fourth-order valence-corrected chi connectivity index (χ4v) is 1.15. The highest BCUT2D eigenvalue weighted by Crippen LogP contribution is 2.11. The first-order valence-electron chi connectivity index (χ1n) is 5.36. The molecule has 0 aromatic rings. The van der Waals surface area contributed by atoms with Crippen molar-refractivity contribution in [2.75, 3.05) is 6.61 Å². The molecule has 0 bridgehead atoms. The lowest BCUT2D eigenvalue weighted by Crippen LogP contribution is -1.99. The molecule has 16 heavy (non-hydrogen) atoms. The Labute approximate surface area is 96.5 Å². The van der Waals surface area contributed by atoms with Gasteiger partial charge in [0.25, 0.3) is 0 Å². The van der Waals surface area contributed by atoms with Crippen molar-refractivity contribution in [1.29, 1.82) is 0 Å². The first kappa shape index (κ1) is 14.4. The van der Waals surface area contributed by atoms with E-state index in [2.05, 4.69) is 6.58 Å². The zero-order valence-corrected chi connectivity index (χ0v) is 10.2. The summed E-state index contributed by atoms with van der Waals surface area (Å²) in [7, 11) is 0. The van der Waals surface area contributed by atoms with Crippen LogP contribution >= 0.6 is 0 Å². The van der Waals surface area contributed by atoms with E-state index in [0.29, 0.717) is 24.4 Å². The Morgan fingerprint density at radius 1 is 1.44 bits per heavy atom. The molecule has 0 aromatic heterocycles. The molecule has 0 aliphatic carbocycles. The molecule has 0 unspecified atom stereocenters. The van der Waals surface area contributed by atoms with Crippen molar-refractivity contribution in [1.82, 2.24) is 0 Å². The maximum absolute atomic E-state index is 10.6. The van der Waals surface area contributed by atoms with E-state index < -0.39 is 0 Å². The monoisotopic (exact) mass is 225 g/mol. The summed E-state index contributed by atoms with van der Waals surface area (Å²) in [5, 5.41) is 10.6. The largest absolute Gasteiger partial charge is 0.494 e. The van der Waals surface area contributed by atoms with Crippen LogP contribution in [0.2, 0.25) is 0 Å². The van der Waals surface area contributed by atoms with Crippen LogP contribution in [0.4, 0.5) is 0 Å². The highest BCUT2D eigenvalue weighted by atomic mass is 16.6. The summed E-state index contributed by atoms with van der Waals surface area (Å²) in [4.78, 5) is 10.3. The Balaban J connectivity index is 4.52. The van der Waals surface area contributed by atoms with Crippen molar-refractivity contribution < 1.29 is 9.66 Å². The molecule has 4 nitrogen and oxygen atoms in total. The van der Waals surface area contributed by atoms with E-state index in [1.807, 2.05) is 6.92 Å². The zero-order valence-electron chi connectivity index (χ0n) is 10.2. The Kier molecular flexibility index (Phi) is 6.92. The highest BCUT2D eigenvalue weighted by molar-refractivity contribution is 5.24. The van der Waals surface area contributed by atoms with Crippen LogP contribution in [0.3, 0.4) is 0 Å². The SMILES string of the molecule is C=C(/C=C\C(C)=C(/CC)[N+](=O)[O-])OCCC. The van der Waals surface area contributed by atoms with Crippen LogP contribution in [0.25, 0.3) is 0 Å². The molecule has 0 aliphatic rings. The van der Waals surface area contributed by atoms with Gasteiger partial charge in [-0.25, -0.2) is 0 Å². The first-order chi connectivity index (χ1) is 7.52. The van der Waals surface area contributed by atoms with E-state index in [0.717, 1.165) is 6.42 Å². The van der Waals surface area contributed by atoms with Gasteiger partial charge in [0.2, 0.25) is 5.70 Å². The Morgan fingerprint density at radius 3 is 2.50 bits per heavy atom. The van der Waals surface area contributed by atoms with Gasteiger partial charge in [-0.2, -0.15) is 0 Å². The second-order valence-corrected chi connectivity index (χ2v) is 3.39. The second-order valence-electron chi connectivity index (χ2n) is 3.39. The quantitative estimate of drug-likeness (QED) is 0.288. The topological polar surface area (TPSA) is 52.4 Å². The number of nitro groups is 1. The molecule has 0 atom stereocenters. The van der Waals surface area contributed by atoms with Crippen molar-refractivity contribution in [2.45, 2.75) is 33.6 Å². The zero-order chi connectivity index (χ0) is 12.6. The van der Waals surface area contributed by atoms with E-state index >= 15 is 0 Å². The summed E-state index contributed by atoms with van der Waals surface area (Å²) in [6.07, 6.45) is 4.64. The van der Waals surface area contributed by atoms with Crippen molar-refractivity contribution in [2.24, 2.45) is 0 Å². The molecule has 4 heteroatoms. The van der Waals surface area contributed by atoms with Crippen LogP contribution in [-0.2, 0) is 4.74 Å². The van der Waals surface area contributed by atoms with Crippen LogP contribution in [-0.4, -0.2) is 11.5 Å². The summed E-state index contributed by atoms with van der Waals surface area (Å²) < 4.78 is 5.24. The number of allylic oxidation sites excluding steroid dienone is 4. The molecule has 0 heterocycles. The molecule has 0 aromatic carbocycles. The predicted molar refractivity (Wildman–Crippen MR) is 64.5 cm³/mol. The summed E-state index contributed by atoms with van der Waals surface area (Å²) in [5.41, 5.74) is 0.855. The third-order valence-corrected chi connectivity index (χ3v) is 2.02. The van der Waals surface area contributed by atoms with Crippen molar-refractivity contribution >= 4 is 0 Å². The average molecular weight is 225 g/mol. The van der Waals surface area contributed by atoms with Crippen molar-refractivity contribution in [3.05, 3.63) is 45.9 Å². The lowest BCUT2D eigenvalue weighted by molar-refractivity contribution is -0.428. The lowest BCUT2D eigenvalue weighted by atomic mass is 10.2. The number of hydrogen-bond acceptors (Lipinski definition) is 3. The molecular weight excluding hydrogens is 206 g/mol. The van der Waals surface area contributed by atoms with Gasteiger partial charge in [-0.05, 0) is 25.5 Å². The van der Waals surface area contributed by atoms with E-state index in [4.69, 9.17) is 4.74 Å². The molecule has 0 fully saturated rings. The van der Waals surface area contributed by atoms with E-state index in [1.54, 1.807) is 26.0 Å². The van der Waals surface area contributed by atoms with Gasteiger partial charge in [0, 0.05) is 12.0 Å². The molecular formula is C12H19NO3. The van der Waals surface area contributed by atoms with Gasteiger partial charge >= 0.3 is 0 Å². The Bertz CT molecular complexity index is 316. The minimum Gasteiger partial charge on any atom is -0.494 e. The van der Waals surface area contributed by atoms with Crippen molar-refractivity contribution in [3.63, 3.8) is 0 Å². The summed E-state index contributed by atoms with van der Waals surface area (Å²) in [6, 6.07) is 0. The summed E-state index contributed by atoms with van der Waals surface area (Å²) in [5.74, 6) is 0.528. The highest BCUT2D eigenvalue weighted by Gasteiger charge is 2.09. The normalized spacial score (nSPS) is 12.4. The molecule has 0 saturated heterocycles.